The predicted octanol–water partition coefficient (Wildman–Crippen LogP) is 4.15. The van der Waals surface area contributed by atoms with Crippen molar-refractivity contribution in [3.8, 4) is 5.75 Å². The average Bonchev–Trinajstić information content (AvgIpc) is 3.06. The molecule has 0 unspecified atom stereocenters. The highest BCUT2D eigenvalue weighted by Crippen LogP contribution is 2.56. The second-order valence-electron chi connectivity index (χ2n) is 6.64. The van der Waals surface area contributed by atoms with Gasteiger partial charge in [0, 0.05) is 21.6 Å². The first-order valence-electron chi connectivity index (χ1n) is 6.80. The van der Waals surface area contributed by atoms with Crippen molar-refractivity contribution in [3.63, 3.8) is 0 Å². The third-order valence-electron chi connectivity index (χ3n) is 3.98. The van der Waals surface area contributed by atoms with E-state index in [-0.39, 0.29) is 17.3 Å². The number of aliphatic carboxylic acids is 1. The zero-order valence-electron chi connectivity index (χ0n) is 12.4. The fourth-order valence-corrected chi connectivity index (χ4v) is 2.96. The summed E-state index contributed by atoms with van der Waals surface area (Å²) in [5, 5.41) is 9.78. The van der Waals surface area contributed by atoms with Gasteiger partial charge in [-0.05, 0) is 30.4 Å². The molecule has 4 heteroatoms. The summed E-state index contributed by atoms with van der Waals surface area (Å²) in [5.41, 5.74) is 1.56. The molecule has 0 aromatic heterocycles. The van der Waals surface area contributed by atoms with Gasteiger partial charge in [-0.1, -0.05) is 32.4 Å². The molecule has 1 aliphatic rings. The molecule has 1 aromatic carbocycles. The number of carboxylic acids is 1. The van der Waals surface area contributed by atoms with Gasteiger partial charge in [0.15, 0.2) is 0 Å². The van der Waals surface area contributed by atoms with Crippen molar-refractivity contribution in [2.75, 3.05) is 7.11 Å². The number of carbonyl (C=O) groups is 1. The molecule has 1 N–H and O–H groups in total. The molecule has 0 heterocycles. The molecule has 3 nitrogen and oxygen atoms in total. The lowest BCUT2D eigenvalue weighted by Crippen LogP contribution is -2.19. The van der Waals surface area contributed by atoms with E-state index in [1.165, 1.54) is 0 Å². The Labute approximate surface area is 124 Å². The number of methoxy groups -OCH3 is 1. The number of rotatable bonds is 4. The van der Waals surface area contributed by atoms with Gasteiger partial charge in [0.1, 0.15) is 5.75 Å². The summed E-state index contributed by atoms with van der Waals surface area (Å²) in [4.78, 5) is 11.1. The summed E-state index contributed by atoms with van der Waals surface area (Å²) in [6.07, 6.45) is 1.88. The molecule has 0 saturated heterocycles. The van der Waals surface area contributed by atoms with Gasteiger partial charge in [-0.3, -0.25) is 4.79 Å². The van der Waals surface area contributed by atoms with Crippen molar-refractivity contribution in [3.05, 3.63) is 28.3 Å². The SMILES string of the molecule is COc1c(C(C)(C)C)cc(Cl)cc1C1(CC(=O)O)CC1. The van der Waals surface area contributed by atoms with E-state index in [0.717, 1.165) is 29.7 Å². The van der Waals surface area contributed by atoms with Gasteiger partial charge in [0.2, 0.25) is 0 Å². The molecule has 1 aliphatic carbocycles. The molecule has 0 atom stereocenters. The van der Waals surface area contributed by atoms with Crippen LogP contribution < -0.4 is 4.74 Å². The second-order valence-corrected chi connectivity index (χ2v) is 7.07. The molecule has 1 saturated carbocycles. The van der Waals surface area contributed by atoms with Gasteiger partial charge in [-0.15, -0.1) is 0 Å². The van der Waals surface area contributed by atoms with Gasteiger partial charge in [0.25, 0.3) is 0 Å². The number of halogens is 1. The molecule has 0 amide bonds. The van der Waals surface area contributed by atoms with E-state index in [2.05, 4.69) is 20.8 Å². The van der Waals surface area contributed by atoms with Gasteiger partial charge in [-0.25, -0.2) is 0 Å². The summed E-state index contributed by atoms with van der Waals surface area (Å²) in [7, 11) is 1.64. The minimum absolute atomic E-state index is 0.107. The molecule has 1 aromatic rings. The Morgan fingerprint density at radius 2 is 2.00 bits per heavy atom. The van der Waals surface area contributed by atoms with Crippen LogP contribution in [-0.2, 0) is 15.6 Å². The first-order chi connectivity index (χ1) is 9.19. The van der Waals surface area contributed by atoms with E-state index in [9.17, 15) is 4.79 Å². The van der Waals surface area contributed by atoms with E-state index >= 15 is 0 Å². The van der Waals surface area contributed by atoms with Crippen LogP contribution in [0.5, 0.6) is 5.75 Å². The van der Waals surface area contributed by atoms with E-state index in [0.29, 0.717) is 5.02 Å². The van der Waals surface area contributed by atoms with Crippen molar-refractivity contribution in [1.29, 1.82) is 0 Å². The second kappa shape index (κ2) is 4.96. The predicted molar refractivity (Wildman–Crippen MR) is 79.9 cm³/mol. The van der Waals surface area contributed by atoms with Gasteiger partial charge in [-0.2, -0.15) is 0 Å². The largest absolute Gasteiger partial charge is 0.496 e. The summed E-state index contributed by atoms with van der Waals surface area (Å²) in [6, 6.07) is 3.78. The lowest BCUT2D eigenvalue weighted by molar-refractivity contribution is -0.137. The molecule has 0 aliphatic heterocycles. The van der Waals surface area contributed by atoms with Crippen molar-refractivity contribution in [1.82, 2.24) is 0 Å². The Morgan fingerprint density at radius 1 is 1.40 bits per heavy atom. The van der Waals surface area contributed by atoms with E-state index < -0.39 is 5.97 Å². The third-order valence-corrected chi connectivity index (χ3v) is 4.20. The van der Waals surface area contributed by atoms with Crippen LogP contribution in [0.25, 0.3) is 0 Å². The van der Waals surface area contributed by atoms with Crippen molar-refractivity contribution >= 4 is 17.6 Å². The summed E-state index contributed by atoms with van der Waals surface area (Å²) in [6.45, 7) is 6.30. The minimum atomic E-state index is -0.776. The lowest BCUT2D eigenvalue weighted by Gasteiger charge is -2.27. The first kappa shape index (κ1) is 15.2. The molecule has 0 radical (unpaired) electrons. The number of ether oxygens (including phenoxy) is 1. The van der Waals surface area contributed by atoms with Crippen LogP contribution in [0.4, 0.5) is 0 Å². The van der Waals surface area contributed by atoms with Crippen LogP contribution in [0.1, 0.15) is 51.2 Å². The summed E-state index contributed by atoms with van der Waals surface area (Å²) < 4.78 is 5.61. The normalized spacial score (nSPS) is 16.9. The number of benzene rings is 1. The molecular weight excluding hydrogens is 276 g/mol. The van der Waals surface area contributed by atoms with Crippen LogP contribution in [0.2, 0.25) is 5.02 Å². The zero-order chi connectivity index (χ0) is 15.1. The lowest BCUT2D eigenvalue weighted by atomic mass is 9.81. The Bertz CT molecular complexity index is 539. The fourth-order valence-electron chi connectivity index (χ4n) is 2.75. The quantitative estimate of drug-likeness (QED) is 0.908. The minimum Gasteiger partial charge on any atom is -0.496 e. The van der Waals surface area contributed by atoms with Gasteiger partial charge >= 0.3 is 5.97 Å². The first-order valence-corrected chi connectivity index (χ1v) is 7.18. The van der Waals surface area contributed by atoms with Crippen molar-refractivity contribution in [2.45, 2.75) is 50.9 Å². The number of hydrogen-bond acceptors (Lipinski definition) is 2. The molecule has 1 fully saturated rings. The Balaban J connectivity index is 2.59. The van der Waals surface area contributed by atoms with Crippen LogP contribution in [0.15, 0.2) is 12.1 Å². The van der Waals surface area contributed by atoms with Gasteiger partial charge in [0.05, 0.1) is 13.5 Å². The van der Waals surface area contributed by atoms with E-state index in [1.54, 1.807) is 7.11 Å². The topological polar surface area (TPSA) is 46.5 Å². The Hall–Kier alpha value is -1.22. The Kier molecular flexibility index (Phi) is 3.76. The van der Waals surface area contributed by atoms with E-state index in [4.69, 9.17) is 21.4 Å². The number of carboxylic acid groups (broad SMARTS) is 1. The highest BCUT2D eigenvalue weighted by atomic mass is 35.5. The zero-order valence-corrected chi connectivity index (χ0v) is 13.2. The molecular formula is C16H21ClO3. The Morgan fingerprint density at radius 3 is 2.40 bits per heavy atom. The number of hydrogen-bond donors (Lipinski definition) is 1. The highest BCUT2D eigenvalue weighted by molar-refractivity contribution is 6.30. The molecule has 20 heavy (non-hydrogen) atoms. The van der Waals surface area contributed by atoms with Gasteiger partial charge < -0.3 is 9.84 Å². The summed E-state index contributed by atoms with van der Waals surface area (Å²) in [5.74, 6) is 0.0162. The maximum Gasteiger partial charge on any atom is 0.304 e. The van der Waals surface area contributed by atoms with E-state index in [1.807, 2.05) is 12.1 Å². The monoisotopic (exact) mass is 296 g/mol. The third kappa shape index (κ3) is 2.78. The maximum atomic E-state index is 11.1. The molecule has 110 valence electrons. The molecule has 2 rings (SSSR count). The van der Waals surface area contributed by atoms with Crippen LogP contribution >= 0.6 is 11.6 Å². The van der Waals surface area contributed by atoms with Crippen molar-refractivity contribution < 1.29 is 14.6 Å². The maximum absolute atomic E-state index is 11.1. The molecule has 0 bridgehead atoms. The van der Waals surface area contributed by atoms with Crippen molar-refractivity contribution in [2.24, 2.45) is 0 Å². The molecule has 0 spiro atoms. The fraction of sp³-hybridized carbons (Fsp3) is 0.562. The van der Waals surface area contributed by atoms with Crippen LogP contribution in [-0.4, -0.2) is 18.2 Å². The smallest absolute Gasteiger partial charge is 0.304 e. The average molecular weight is 297 g/mol. The van der Waals surface area contributed by atoms with Crippen LogP contribution in [0.3, 0.4) is 0 Å². The summed E-state index contributed by atoms with van der Waals surface area (Å²) >= 11 is 6.25. The highest BCUT2D eigenvalue weighted by Gasteiger charge is 2.48. The van der Waals surface area contributed by atoms with Crippen LogP contribution in [0, 0.1) is 0 Å². The standard InChI is InChI=1S/C16H21ClO3/c1-15(2,3)11-7-10(17)8-12(14(11)20-4)16(5-6-16)9-13(18)19/h7-8H,5-6,9H2,1-4H3,(H,18,19).